The van der Waals surface area contributed by atoms with E-state index >= 15 is 0 Å². The van der Waals surface area contributed by atoms with Crippen LogP contribution in [0.4, 0.5) is 0 Å². The molecule has 110 valence electrons. The molecule has 1 saturated heterocycles. The lowest BCUT2D eigenvalue weighted by Crippen LogP contribution is -2.63. The van der Waals surface area contributed by atoms with E-state index in [1.165, 1.54) is 64.6 Å². The Morgan fingerprint density at radius 1 is 1.16 bits per heavy atom. The molecule has 3 rings (SSSR count). The Kier molecular flexibility index (Phi) is 3.68. The summed E-state index contributed by atoms with van der Waals surface area (Å²) in [6.45, 7) is 11.1. The van der Waals surface area contributed by atoms with Gasteiger partial charge in [0.1, 0.15) is 0 Å². The molecule has 19 heavy (non-hydrogen) atoms. The molecule has 1 atom stereocenters. The van der Waals surface area contributed by atoms with Crippen molar-refractivity contribution < 1.29 is 0 Å². The minimum absolute atomic E-state index is 0.485. The summed E-state index contributed by atoms with van der Waals surface area (Å²) in [5, 5.41) is 3.92. The van der Waals surface area contributed by atoms with Crippen LogP contribution in [0.5, 0.6) is 0 Å². The predicted octanol–water partition coefficient (Wildman–Crippen LogP) is 3.42. The smallest absolute Gasteiger partial charge is 0.0309 e. The quantitative estimate of drug-likeness (QED) is 0.837. The van der Waals surface area contributed by atoms with Crippen LogP contribution in [0.3, 0.4) is 0 Å². The molecule has 1 unspecified atom stereocenters. The first kappa shape index (κ1) is 13.9. The fourth-order valence-electron chi connectivity index (χ4n) is 4.49. The van der Waals surface area contributed by atoms with Gasteiger partial charge in [0, 0.05) is 31.2 Å². The highest BCUT2D eigenvalue weighted by atomic mass is 15.3. The highest BCUT2D eigenvalue weighted by Gasteiger charge is 2.49. The Bertz CT molecular complexity index is 311. The molecule has 0 radical (unpaired) electrons. The van der Waals surface area contributed by atoms with Crippen molar-refractivity contribution in [2.24, 2.45) is 11.3 Å². The average molecular weight is 264 g/mol. The summed E-state index contributed by atoms with van der Waals surface area (Å²) in [6.07, 6.45) is 9.94. The lowest BCUT2D eigenvalue weighted by atomic mass is 9.87. The van der Waals surface area contributed by atoms with Crippen molar-refractivity contribution in [3.8, 4) is 0 Å². The van der Waals surface area contributed by atoms with Gasteiger partial charge >= 0.3 is 0 Å². The third kappa shape index (κ3) is 2.58. The van der Waals surface area contributed by atoms with E-state index in [-0.39, 0.29) is 0 Å². The number of nitrogens with one attached hydrogen (secondary N) is 1. The second kappa shape index (κ2) is 5.04. The third-order valence-corrected chi connectivity index (χ3v) is 6.40. The maximum atomic E-state index is 3.92. The molecule has 3 aliphatic rings. The number of rotatable bonds is 4. The van der Waals surface area contributed by atoms with Crippen molar-refractivity contribution in [3.63, 3.8) is 0 Å². The minimum atomic E-state index is 0.485. The van der Waals surface area contributed by atoms with E-state index in [1.807, 2.05) is 0 Å². The molecule has 0 amide bonds. The molecular weight excluding hydrogens is 232 g/mol. The van der Waals surface area contributed by atoms with Crippen LogP contribution in [0, 0.1) is 11.3 Å². The Labute approximate surface area is 119 Å². The van der Waals surface area contributed by atoms with E-state index in [0.717, 1.165) is 12.0 Å². The van der Waals surface area contributed by atoms with Crippen molar-refractivity contribution in [1.82, 2.24) is 10.2 Å². The van der Waals surface area contributed by atoms with E-state index < -0.39 is 0 Å². The first-order valence-corrected chi connectivity index (χ1v) is 8.58. The molecule has 3 fully saturated rings. The summed E-state index contributed by atoms with van der Waals surface area (Å²) in [6, 6.07) is 0.780. The van der Waals surface area contributed by atoms with Crippen molar-refractivity contribution in [1.29, 1.82) is 0 Å². The van der Waals surface area contributed by atoms with Gasteiger partial charge in [-0.1, -0.05) is 33.6 Å². The molecule has 2 aliphatic carbocycles. The molecule has 1 aliphatic heterocycles. The van der Waals surface area contributed by atoms with Gasteiger partial charge < -0.3 is 5.32 Å². The normalized spacial score (nSPS) is 33.2. The van der Waals surface area contributed by atoms with Crippen LogP contribution in [-0.2, 0) is 0 Å². The zero-order chi connectivity index (χ0) is 13.5. The monoisotopic (exact) mass is 264 g/mol. The van der Waals surface area contributed by atoms with Gasteiger partial charge in [0.15, 0.2) is 0 Å². The largest absolute Gasteiger partial charge is 0.308 e. The van der Waals surface area contributed by atoms with Gasteiger partial charge in [0.2, 0.25) is 0 Å². The van der Waals surface area contributed by atoms with Crippen LogP contribution >= 0.6 is 0 Å². The third-order valence-electron chi connectivity index (χ3n) is 6.40. The Morgan fingerprint density at radius 3 is 2.37 bits per heavy atom. The molecule has 2 saturated carbocycles. The van der Waals surface area contributed by atoms with Crippen LogP contribution in [0.15, 0.2) is 0 Å². The lowest BCUT2D eigenvalue weighted by molar-refractivity contribution is 0.0511. The lowest BCUT2D eigenvalue weighted by Gasteiger charge is -2.48. The molecule has 0 aromatic heterocycles. The van der Waals surface area contributed by atoms with E-state index in [0.29, 0.717) is 11.0 Å². The molecule has 1 N–H and O–H groups in total. The van der Waals surface area contributed by atoms with Gasteiger partial charge in [0.25, 0.3) is 0 Å². The summed E-state index contributed by atoms with van der Waals surface area (Å²) in [5.41, 5.74) is 1.16. The molecule has 1 spiro atoms. The summed E-state index contributed by atoms with van der Waals surface area (Å²) < 4.78 is 0. The number of nitrogens with zero attached hydrogens (tertiary/aromatic N) is 1. The van der Waals surface area contributed by atoms with Crippen LogP contribution in [-0.4, -0.2) is 36.1 Å². The second-order valence-corrected chi connectivity index (χ2v) is 7.85. The molecular formula is C17H32N2. The van der Waals surface area contributed by atoms with E-state index in [4.69, 9.17) is 0 Å². The van der Waals surface area contributed by atoms with Gasteiger partial charge in [-0.25, -0.2) is 0 Å². The van der Waals surface area contributed by atoms with E-state index in [9.17, 15) is 0 Å². The van der Waals surface area contributed by atoms with Gasteiger partial charge in [-0.05, 0) is 43.4 Å². The molecule has 1 heterocycles. The molecule has 0 bridgehead atoms. The highest BCUT2D eigenvalue weighted by molar-refractivity contribution is 5.05. The molecule has 0 aromatic carbocycles. The summed E-state index contributed by atoms with van der Waals surface area (Å²) in [5.74, 6) is 0.861. The second-order valence-electron chi connectivity index (χ2n) is 7.85. The Balaban J connectivity index is 1.69. The molecule has 2 heteroatoms. The minimum Gasteiger partial charge on any atom is -0.308 e. The first-order chi connectivity index (χ1) is 9.09. The fourth-order valence-corrected chi connectivity index (χ4v) is 4.49. The molecule has 2 nitrogen and oxygen atoms in total. The predicted molar refractivity (Wildman–Crippen MR) is 81.4 cm³/mol. The Morgan fingerprint density at radius 2 is 1.84 bits per heavy atom. The van der Waals surface area contributed by atoms with Crippen LogP contribution in [0.25, 0.3) is 0 Å². The maximum absolute atomic E-state index is 3.92. The maximum Gasteiger partial charge on any atom is 0.0309 e. The number of piperazine rings is 1. The summed E-state index contributed by atoms with van der Waals surface area (Å²) in [4.78, 5) is 2.87. The van der Waals surface area contributed by atoms with Gasteiger partial charge in [-0.2, -0.15) is 0 Å². The zero-order valence-electron chi connectivity index (χ0n) is 13.2. The summed E-state index contributed by atoms with van der Waals surface area (Å²) in [7, 11) is 0. The number of hydrogen-bond donors (Lipinski definition) is 1. The Hall–Kier alpha value is -0.0800. The van der Waals surface area contributed by atoms with Crippen LogP contribution in [0.2, 0.25) is 0 Å². The van der Waals surface area contributed by atoms with Gasteiger partial charge in [-0.3, -0.25) is 4.90 Å². The topological polar surface area (TPSA) is 15.3 Å². The van der Waals surface area contributed by atoms with Crippen LogP contribution in [0.1, 0.15) is 65.7 Å². The fraction of sp³-hybridized carbons (Fsp3) is 1.00. The van der Waals surface area contributed by atoms with Crippen molar-refractivity contribution in [2.45, 2.75) is 77.3 Å². The average Bonchev–Trinajstić information content (AvgIpc) is 3.04. The van der Waals surface area contributed by atoms with Crippen molar-refractivity contribution in [2.75, 3.05) is 19.6 Å². The SMILES string of the molecule is CCC1CNC2(CCCC2)CN1CC1(C(C)C)CC1. The first-order valence-electron chi connectivity index (χ1n) is 8.58. The standard InChI is InChI=1S/C17H32N2/c1-4-15-11-18-17(7-5-6-8-17)13-19(15)12-16(9-10-16)14(2)3/h14-15,18H,4-13H2,1-3H3. The van der Waals surface area contributed by atoms with Crippen molar-refractivity contribution >= 4 is 0 Å². The van der Waals surface area contributed by atoms with E-state index in [1.54, 1.807) is 0 Å². The van der Waals surface area contributed by atoms with Gasteiger partial charge in [0.05, 0.1) is 0 Å². The highest BCUT2D eigenvalue weighted by Crippen LogP contribution is 2.53. The van der Waals surface area contributed by atoms with Crippen molar-refractivity contribution in [3.05, 3.63) is 0 Å². The molecule has 0 aromatic rings. The van der Waals surface area contributed by atoms with Crippen LogP contribution < -0.4 is 5.32 Å². The van der Waals surface area contributed by atoms with E-state index in [2.05, 4.69) is 31.0 Å². The zero-order valence-corrected chi connectivity index (χ0v) is 13.2. The summed E-state index contributed by atoms with van der Waals surface area (Å²) >= 11 is 0. The van der Waals surface area contributed by atoms with Gasteiger partial charge in [-0.15, -0.1) is 0 Å². The number of hydrogen-bond acceptors (Lipinski definition) is 2.